The van der Waals surface area contributed by atoms with Gasteiger partial charge in [-0.2, -0.15) is 13.2 Å². The summed E-state index contributed by atoms with van der Waals surface area (Å²) in [5.41, 5.74) is 5.25. The lowest BCUT2D eigenvalue weighted by molar-refractivity contribution is -0.178. The fourth-order valence-corrected chi connectivity index (χ4v) is 2.56. The van der Waals surface area contributed by atoms with Crippen LogP contribution in [0.4, 0.5) is 13.2 Å². The molecule has 1 heterocycles. The monoisotopic (exact) mass is 252 g/mol. The van der Waals surface area contributed by atoms with E-state index in [0.29, 0.717) is 6.04 Å². The SMILES string of the molecule is CCCC1CCCCN1CC(CN)C(F)(F)F. The van der Waals surface area contributed by atoms with Gasteiger partial charge in [0.25, 0.3) is 0 Å². The van der Waals surface area contributed by atoms with Crippen molar-refractivity contribution in [3.63, 3.8) is 0 Å². The average molecular weight is 252 g/mol. The van der Waals surface area contributed by atoms with E-state index in [4.69, 9.17) is 5.73 Å². The number of alkyl halides is 3. The van der Waals surface area contributed by atoms with Crippen LogP contribution in [-0.2, 0) is 0 Å². The lowest BCUT2D eigenvalue weighted by Gasteiger charge is -2.38. The van der Waals surface area contributed by atoms with Crippen LogP contribution in [0.1, 0.15) is 39.0 Å². The molecule has 0 aromatic carbocycles. The highest BCUT2D eigenvalue weighted by molar-refractivity contribution is 4.81. The topological polar surface area (TPSA) is 29.3 Å². The van der Waals surface area contributed by atoms with Gasteiger partial charge < -0.3 is 5.73 Å². The Hall–Kier alpha value is -0.290. The number of hydrogen-bond acceptors (Lipinski definition) is 2. The van der Waals surface area contributed by atoms with Crippen LogP contribution in [-0.4, -0.2) is 36.8 Å². The summed E-state index contributed by atoms with van der Waals surface area (Å²) in [5, 5.41) is 0. The van der Waals surface area contributed by atoms with E-state index < -0.39 is 12.1 Å². The standard InChI is InChI=1S/C12H23F3N2/c1-2-5-11-6-3-4-7-17(11)9-10(8-16)12(13,14)15/h10-11H,2-9,16H2,1H3. The summed E-state index contributed by atoms with van der Waals surface area (Å²) in [6.07, 6.45) is 1.04. The van der Waals surface area contributed by atoms with Gasteiger partial charge in [-0.1, -0.05) is 19.8 Å². The van der Waals surface area contributed by atoms with Crippen LogP contribution in [0, 0.1) is 5.92 Å². The third-order valence-corrected chi connectivity index (χ3v) is 3.57. The van der Waals surface area contributed by atoms with Crippen LogP contribution in [0.15, 0.2) is 0 Å². The molecule has 0 spiro atoms. The van der Waals surface area contributed by atoms with Crippen molar-refractivity contribution in [2.24, 2.45) is 11.7 Å². The van der Waals surface area contributed by atoms with Crippen molar-refractivity contribution in [3.8, 4) is 0 Å². The molecule has 2 atom stereocenters. The number of rotatable bonds is 5. The summed E-state index contributed by atoms with van der Waals surface area (Å²) in [6, 6.07) is 0.324. The Labute approximate surface area is 101 Å². The zero-order valence-electron chi connectivity index (χ0n) is 10.5. The molecule has 0 aromatic rings. The predicted molar refractivity (Wildman–Crippen MR) is 62.7 cm³/mol. The molecule has 102 valence electrons. The molecular weight excluding hydrogens is 229 g/mol. The van der Waals surface area contributed by atoms with E-state index in [0.717, 1.165) is 38.6 Å². The van der Waals surface area contributed by atoms with Crippen molar-refractivity contribution in [1.82, 2.24) is 4.90 Å². The van der Waals surface area contributed by atoms with Gasteiger partial charge >= 0.3 is 6.18 Å². The highest BCUT2D eigenvalue weighted by atomic mass is 19.4. The van der Waals surface area contributed by atoms with Gasteiger partial charge in [-0.05, 0) is 25.8 Å². The first-order valence-electron chi connectivity index (χ1n) is 6.49. The first-order valence-corrected chi connectivity index (χ1v) is 6.49. The minimum Gasteiger partial charge on any atom is -0.330 e. The van der Waals surface area contributed by atoms with Crippen molar-refractivity contribution < 1.29 is 13.2 Å². The van der Waals surface area contributed by atoms with Gasteiger partial charge in [0.05, 0.1) is 5.92 Å². The van der Waals surface area contributed by atoms with E-state index in [1.165, 1.54) is 0 Å². The van der Waals surface area contributed by atoms with E-state index in [2.05, 4.69) is 6.92 Å². The van der Waals surface area contributed by atoms with Crippen LogP contribution in [0.2, 0.25) is 0 Å². The lowest BCUT2D eigenvalue weighted by atomic mass is 9.96. The van der Waals surface area contributed by atoms with Crippen LogP contribution < -0.4 is 5.73 Å². The second kappa shape index (κ2) is 6.59. The number of piperidine rings is 1. The summed E-state index contributed by atoms with van der Waals surface area (Å²) in [6.45, 7) is 2.64. The highest BCUT2D eigenvalue weighted by Gasteiger charge is 2.40. The molecule has 2 N–H and O–H groups in total. The van der Waals surface area contributed by atoms with Gasteiger partial charge in [-0.15, -0.1) is 0 Å². The van der Waals surface area contributed by atoms with Crippen molar-refractivity contribution in [2.45, 2.75) is 51.2 Å². The fourth-order valence-electron chi connectivity index (χ4n) is 2.56. The second-order valence-corrected chi connectivity index (χ2v) is 4.91. The van der Waals surface area contributed by atoms with Gasteiger partial charge in [0, 0.05) is 19.1 Å². The molecule has 1 rings (SSSR count). The predicted octanol–water partition coefficient (Wildman–Crippen LogP) is 2.78. The molecule has 1 saturated heterocycles. The Morgan fingerprint density at radius 2 is 2.06 bits per heavy atom. The molecule has 0 aromatic heterocycles. The van der Waals surface area contributed by atoms with Crippen LogP contribution in [0.5, 0.6) is 0 Å². The molecule has 1 aliphatic heterocycles. The molecule has 0 bridgehead atoms. The van der Waals surface area contributed by atoms with E-state index in [-0.39, 0.29) is 13.1 Å². The average Bonchev–Trinajstić information content (AvgIpc) is 2.26. The van der Waals surface area contributed by atoms with E-state index >= 15 is 0 Å². The smallest absolute Gasteiger partial charge is 0.330 e. The summed E-state index contributed by atoms with van der Waals surface area (Å²) in [7, 11) is 0. The molecule has 1 fully saturated rings. The van der Waals surface area contributed by atoms with Crippen molar-refractivity contribution in [2.75, 3.05) is 19.6 Å². The summed E-state index contributed by atoms with van der Waals surface area (Å²) in [4.78, 5) is 2.00. The lowest BCUT2D eigenvalue weighted by Crippen LogP contribution is -2.47. The first kappa shape index (κ1) is 14.8. The number of nitrogens with two attached hydrogens (primary N) is 1. The summed E-state index contributed by atoms with van der Waals surface area (Å²) < 4.78 is 38.0. The molecule has 0 saturated carbocycles. The molecule has 2 nitrogen and oxygen atoms in total. The maximum Gasteiger partial charge on any atom is 0.394 e. The highest BCUT2D eigenvalue weighted by Crippen LogP contribution is 2.29. The third-order valence-electron chi connectivity index (χ3n) is 3.57. The number of halogens is 3. The Morgan fingerprint density at radius 1 is 1.35 bits per heavy atom. The maximum absolute atomic E-state index is 12.7. The Balaban J connectivity index is 2.56. The Bertz CT molecular complexity index is 216. The molecular formula is C12H23F3N2. The zero-order valence-corrected chi connectivity index (χ0v) is 10.5. The minimum atomic E-state index is -4.16. The zero-order chi connectivity index (χ0) is 12.9. The number of nitrogens with zero attached hydrogens (tertiary/aromatic N) is 1. The molecule has 0 amide bonds. The second-order valence-electron chi connectivity index (χ2n) is 4.91. The molecule has 1 aliphatic rings. The summed E-state index contributed by atoms with van der Waals surface area (Å²) >= 11 is 0. The summed E-state index contributed by atoms with van der Waals surface area (Å²) in [5.74, 6) is -1.38. The van der Waals surface area contributed by atoms with Crippen molar-refractivity contribution in [3.05, 3.63) is 0 Å². The van der Waals surface area contributed by atoms with E-state index in [1.807, 2.05) is 4.90 Å². The number of likely N-dealkylation sites (tertiary alicyclic amines) is 1. The van der Waals surface area contributed by atoms with Gasteiger partial charge in [0.1, 0.15) is 0 Å². The number of hydrogen-bond donors (Lipinski definition) is 1. The van der Waals surface area contributed by atoms with Crippen LogP contribution in [0.3, 0.4) is 0 Å². The third kappa shape index (κ3) is 4.47. The Morgan fingerprint density at radius 3 is 2.59 bits per heavy atom. The van der Waals surface area contributed by atoms with Gasteiger partial charge in [-0.25, -0.2) is 0 Å². The van der Waals surface area contributed by atoms with Gasteiger partial charge in [-0.3, -0.25) is 4.90 Å². The minimum absolute atomic E-state index is 0.0741. The molecule has 0 aliphatic carbocycles. The van der Waals surface area contributed by atoms with Gasteiger partial charge in [0.2, 0.25) is 0 Å². The van der Waals surface area contributed by atoms with Crippen LogP contribution >= 0.6 is 0 Å². The molecule has 17 heavy (non-hydrogen) atoms. The van der Waals surface area contributed by atoms with E-state index in [9.17, 15) is 13.2 Å². The van der Waals surface area contributed by atoms with E-state index in [1.54, 1.807) is 0 Å². The molecule has 0 radical (unpaired) electrons. The first-order chi connectivity index (χ1) is 7.99. The molecule has 5 heteroatoms. The van der Waals surface area contributed by atoms with Gasteiger partial charge in [0.15, 0.2) is 0 Å². The van der Waals surface area contributed by atoms with Crippen molar-refractivity contribution in [1.29, 1.82) is 0 Å². The fraction of sp³-hybridized carbons (Fsp3) is 1.00. The maximum atomic E-state index is 12.7. The Kier molecular flexibility index (Phi) is 5.73. The van der Waals surface area contributed by atoms with Crippen LogP contribution in [0.25, 0.3) is 0 Å². The molecule has 2 unspecified atom stereocenters. The largest absolute Gasteiger partial charge is 0.394 e. The normalized spacial score (nSPS) is 24.9. The van der Waals surface area contributed by atoms with Crippen molar-refractivity contribution >= 4 is 0 Å². The quantitative estimate of drug-likeness (QED) is 0.815.